The molecule has 0 radical (unpaired) electrons. The van der Waals surface area contributed by atoms with Crippen molar-refractivity contribution in [2.75, 3.05) is 45.6 Å². The van der Waals surface area contributed by atoms with Crippen molar-refractivity contribution < 1.29 is 4.79 Å². The average molecular weight is 490 g/mol. The van der Waals surface area contributed by atoms with Gasteiger partial charge in [-0.05, 0) is 49.5 Å². The van der Waals surface area contributed by atoms with Crippen molar-refractivity contribution in [1.29, 1.82) is 0 Å². The first-order valence-corrected chi connectivity index (χ1v) is 12.2. The lowest BCUT2D eigenvalue weighted by Gasteiger charge is -2.28. The smallest absolute Gasteiger partial charge is 0.317 e. The summed E-state index contributed by atoms with van der Waals surface area (Å²) in [4.78, 5) is 21.7. The van der Waals surface area contributed by atoms with Gasteiger partial charge in [-0.1, -0.05) is 60.2 Å². The van der Waals surface area contributed by atoms with Crippen molar-refractivity contribution in [2.24, 2.45) is 5.92 Å². The lowest BCUT2D eigenvalue weighted by atomic mass is 10.0. The lowest BCUT2D eigenvalue weighted by Crippen LogP contribution is -2.44. The van der Waals surface area contributed by atoms with E-state index in [1.165, 1.54) is 5.57 Å². The van der Waals surface area contributed by atoms with E-state index >= 15 is 0 Å². The molecule has 1 aliphatic carbocycles. The molecule has 7 heteroatoms. The number of pyridine rings is 1. The van der Waals surface area contributed by atoms with E-state index in [0.717, 1.165) is 28.7 Å². The second-order valence-corrected chi connectivity index (χ2v) is 9.44. The Morgan fingerprint density at radius 2 is 1.94 bits per heavy atom. The second-order valence-electron chi connectivity index (χ2n) is 9.01. The quantitative estimate of drug-likeness (QED) is 0.411. The monoisotopic (exact) mass is 489 g/mol. The number of nitrogens with one attached hydrogen (secondary N) is 2. The zero-order valence-corrected chi connectivity index (χ0v) is 21.0. The van der Waals surface area contributed by atoms with Gasteiger partial charge in [0.1, 0.15) is 0 Å². The van der Waals surface area contributed by atoms with Crippen LogP contribution in [0.5, 0.6) is 0 Å². The molecule has 3 aromatic rings. The Balaban J connectivity index is 1.43. The van der Waals surface area contributed by atoms with Crippen molar-refractivity contribution in [3.05, 3.63) is 95.2 Å². The number of nitrogens with zero attached hydrogens (tertiary/aromatic N) is 3. The molecule has 2 amide bonds. The molecular formula is C28H32ClN5O. The molecule has 0 aliphatic heterocycles. The van der Waals surface area contributed by atoms with Gasteiger partial charge < -0.3 is 20.4 Å². The number of halogens is 1. The molecule has 2 aromatic carbocycles. The number of urea groups is 1. The summed E-state index contributed by atoms with van der Waals surface area (Å²) in [5.41, 5.74) is 4.22. The van der Waals surface area contributed by atoms with Gasteiger partial charge in [0.2, 0.25) is 0 Å². The normalized spacial score (nSPS) is 14.9. The summed E-state index contributed by atoms with van der Waals surface area (Å²) >= 11 is 6.13. The highest BCUT2D eigenvalue weighted by Gasteiger charge is 2.22. The van der Waals surface area contributed by atoms with Crippen molar-refractivity contribution in [1.82, 2.24) is 20.1 Å². The van der Waals surface area contributed by atoms with Crippen LogP contribution in [0, 0.1) is 5.92 Å². The van der Waals surface area contributed by atoms with Gasteiger partial charge in [0.15, 0.2) is 0 Å². The van der Waals surface area contributed by atoms with Crippen LogP contribution in [0.2, 0.25) is 5.02 Å². The largest absolute Gasteiger partial charge is 0.383 e. The van der Waals surface area contributed by atoms with E-state index in [-0.39, 0.29) is 11.9 Å². The number of fused-ring (bicyclic) bond motifs is 1. The van der Waals surface area contributed by atoms with Crippen LogP contribution in [0.3, 0.4) is 0 Å². The first-order valence-electron chi connectivity index (χ1n) is 11.9. The predicted molar refractivity (Wildman–Crippen MR) is 145 cm³/mol. The SMILES string of the molecule is CN(C)CC1=CC=CC1CN(CCNc1ccnc2cc(Cl)ccc12)C(=O)NCc1ccccc1. The van der Waals surface area contributed by atoms with E-state index in [9.17, 15) is 4.79 Å². The van der Waals surface area contributed by atoms with Crippen LogP contribution in [0.15, 0.2) is 84.6 Å². The van der Waals surface area contributed by atoms with Gasteiger partial charge in [-0.2, -0.15) is 0 Å². The number of anilines is 1. The molecule has 0 bridgehead atoms. The van der Waals surface area contributed by atoms with E-state index in [0.29, 0.717) is 31.2 Å². The van der Waals surface area contributed by atoms with Crippen LogP contribution in [0.25, 0.3) is 10.9 Å². The van der Waals surface area contributed by atoms with Crippen LogP contribution in [-0.2, 0) is 6.54 Å². The summed E-state index contributed by atoms with van der Waals surface area (Å²) in [6, 6.07) is 17.6. The Kier molecular flexibility index (Phi) is 8.40. The van der Waals surface area contributed by atoms with Crippen molar-refractivity contribution >= 4 is 34.2 Å². The zero-order chi connectivity index (χ0) is 24.6. The topological polar surface area (TPSA) is 60.5 Å². The van der Waals surface area contributed by atoms with Crippen LogP contribution in [-0.4, -0.2) is 61.1 Å². The second kappa shape index (κ2) is 11.9. The highest BCUT2D eigenvalue weighted by molar-refractivity contribution is 6.31. The molecule has 0 fully saturated rings. The minimum Gasteiger partial charge on any atom is -0.383 e. The van der Waals surface area contributed by atoms with Gasteiger partial charge in [0.05, 0.1) is 5.52 Å². The van der Waals surface area contributed by atoms with E-state index in [4.69, 9.17) is 11.6 Å². The van der Waals surface area contributed by atoms with Gasteiger partial charge >= 0.3 is 6.03 Å². The summed E-state index contributed by atoms with van der Waals surface area (Å²) < 4.78 is 0. The molecule has 0 saturated carbocycles. The molecule has 1 heterocycles. The molecule has 4 rings (SSSR count). The van der Waals surface area contributed by atoms with Crippen LogP contribution in [0.1, 0.15) is 5.56 Å². The van der Waals surface area contributed by atoms with E-state index < -0.39 is 0 Å². The number of allylic oxidation sites excluding steroid dienone is 2. The third kappa shape index (κ3) is 6.84. The van der Waals surface area contributed by atoms with Crippen LogP contribution >= 0.6 is 11.6 Å². The molecule has 1 aromatic heterocycles. The molecule has 35 heavy (non-hydrogen) atoms. The minimum atomic E-state index is -0.0634. The summed E-state index contributed by atoms with van der Waals surface area (Å²) in [7, 11) is 4.13. The van der Waals surface area contributed by atoms with E-state index in [1.807, 2.05) is 59.5 Å². The summed E-state index contributed by atoms with van der Waals surface area (Å²) in [5, 5.41) is 8.25. The number of benzene rings is 2. The fourth-order valence-electron chi connectivity index (χ4n) is 4.27. The maximum Gasteiger partial charge on any atom is 0.317 e. The number of amides is 2. The van der Waals surface area contributed by atoms with Crippen LogP contribution < -0.4 is 10.6 Å². The van der Waals surface area contributed by atoms with E-state index in [2.05, 4.69) is 52.8 Å². The maximum atomic E-state index is 13.2. The number of hydrogen-bond donors (Lipinski definition) is 2. The first kappa shape index (κ1) is 24.8. The Hall–Kier alpha value is -3.35. The number of hydrogen-bond acceptors (Lipinski definition) is 4. The standard InChI is InChI=1S/C28H32ClN5O/c1-33(2)19-22-9-6-10-23(22)20-34(28(35)32-18-21-7-4-3-5-8-21)16-15-31-26-13-14-30-27-17-24(29)11-12-25(26)27/h3-14,17,23H,15-16,18-20H2,1-2H3,(H,30,31)(H,32,35). The third-order valence-electron chi connectivity index (χ3n) is 6.02. The molecule has 0 saturated heterocycles. The molecule has 0 spiro atoms. The van der Waals surface area contributed by atoms with Gasteiger partial charge in [-0.3, -0.25) is 4.98 Å². The number of carbonyl (C=O) groups is 1. The summed E-state index contributed by atoms with van der Waals surface area (Å²) in [6.07, 6.45) is 8.21. The molecular weight excluding hydrogens is 458 g/mol. The number of aromatic nitrogens is 1. The third-order valence-corrected chi connectivity index (χ3v) is 6.26. The van der Waals surface area contributed by atoms with Crippen molar-refractivity contribution in [3.8, 4) is 0 Å². The summed E-state index contributed by atoms with van der Waals surface area (Å²) in [5.74, 6) is 0.212. The zero-order valence-electron chi connectivity index (χ0n) is 20.2. The van der Waals surface area contributed by atoms with E-state index in [1.54, 1.807) is 6.20 Å². The molecule has 182 valence electrons. The number of rotatable bonds is 10. The lowest BCUT2D eigenvalue weighted by molar-refractivity contribution is 0.195. The Bertz CT molecular complexity index is 1210. The highest BCUT2D eigenvalue weighted by atomic mass is 35.5. The number of carbonyl (C=O) groups excluding carboxylic acids is 1. The minimum absolute atomic E-state index is 0.0634. The number of likely N-dealkylation sites (N-methyl/N-ethyl adjacent to an activating group) is 1. The van der Waals surface area contributed by atoms with Crippen molar-refractivity contribution in [2.45, 2.75) is 6.54 Å². The molecule has 1 aliphatic rings. The maximum absolute atomic E-state index is 13.2. The fourth-order valence-corrected chi connectivity index (χ4v) is 4.44. The molecule has 1 unspecified atom stereocenters. The molecule has 2 N–H and O–H groups in total. The first-order chi connectivity index (χ1) is 17.0. The van der Waals surface area contributed by atoms with Crippen LogP contribution in [0.4, 0.5) is 10.5 Å². The Labute approximate surface area is 212 Å². The molecule has 6 nitrogen and oxygen atoms in total. The predicted octanol–water partition coefficient (Wildman–Crippen LogP) is 5.19. The summed E-state index contributed by atoms with van der Waals surface area (Å²) in [6.45, 7) is 3.19. The van der Waals surface area contributed by atoms with Gasteiger partial charge in [-0.15, -0.1) is 0 Å². The molecule has 1 atom stereocenters. The average Bonchev–Trinajstić information content (AvgIpc) is 3.28. The highest BCUT2D eigenvalue weighted by Crippen LogP contribution is 2.25. The Morgan fingerprint density at radius 1 is 1.11 bits per heavy atom. The van der Waals surface area contributed by atoms with Crippen molar-refractivity contribution in [3.63, 3.8) is 0 Å². The van der Waals surface area contributed by atoms with Gasteiger partial charge in [0, 0.05) is 60.9 Å². The fraction of sp³-hybridized carbons (Fsp3) is 0.286. The Morgan fingerprint density at radius 3 is 2.74 bits per heavy atom. The van der Waals surface area contributed by atoms with Gasteiger partial charge in [0.25, 0.3) is 0 Å². The van der Waals surface area contributed by atoms with Gasteiger partial charge in [-0.25, -0.2) is 4.79 Å².